The molecule has 30 heavy (non-hydrogen) atoms. The molecule has 0 spiro atoms. The van der Waals surface area contributed by atoms with Crippen LogP contribution in [0.3, 0.4) is 0 Å². The van der Waals surface area contributed by atoms with Gasteiger partial charge in [-0.2, -0.15) is 0 Å². The van der Waals surface area contributed by atoms with Crippen molar-refractivity contribution in [3.05, 3.63) is 57.4 Å². The Morgan fingerprint density at radius 1 is 1.23 bits per heavy atom. The Balaban J connectivity index is 1.90. The molecule has 0 unspecified atom stereocenters. The van der Waals surface area contributed by atoms with Crippen LogP contribution in [0.15, 0.2) is 51.8 Å². The number of thioether (sulfide) groups is 1. The molecule has 0 aromatic heterocycles. The summed E-state index contributed by atoms with van der Waals surface area (Å²) in [5.74, 6) is 0.145. The molecule has 3 rings (SSSR count). The largest absolute Gasteiger partial charge is 0.490 e. The Hall–Kier alpha value is -2.36. The Morgan fingerprint density at radius 3 is 2.63 bits per heavy atom. The lowest BCUT2D eigenvalue weighted by Gasteiger charge is -2.14. The minimum atomic E-state index is -0.502. The Morgan fingerprint density at radius 2 is 1.97 bits per heavy atom. The van der Waals surface area contributed by atoms with Crippen molar-refractivity contribution in [3.8, 4) is 11.5 Å². The molecule has 1 saturated heterocycles. The van der Waals surface area contributed by atoms with Crippen LogP contribution >= 0.6 is 39.9 Å². The first-order valence-electron chi connectivity index (χ1n) is 8.93. The maximum Gasteiger partial charge on any atom is 0.343 e. The van der Waals surface area contributed by atoms with Gasteiger partial charge in [0.25, 0.3) is 5.91 Å². The number of carbonyl (C=O) groups excluding carboxylic acids is 2. The van der Waals surface area contributed by atoms with E-state index in [-0.39, 0.29) is 12.5 Å². The molecule has 9 heteroatoms. The molecule has 1 heterocycles. The summed E-state index contributed by atoms with van der Waals surface area (Å²) >= 11 is 10.1. The lowest BCUT2D eigenvalue weighted by atomic mass is 10.1. The van der Waals surface area contributed by atoms with Crippen LogP contribution in [0.1, 0.15) is 12.5 Å². The summed E-state index contributed by atoms with van der Waals surface area (Å²) in [6, 6.07) is 12.8. The molecule has 1 amide bonds. The van der Waals surface area contributed by atoms with Crippen molar-refractivity contribution in [1.29, 1.82) is 0 Å². The van der Waals surface area contributed by atoms with Gasteiger partial charge in [0.2, 0.25) is 0 Å². The standard InChI is InChI=1S/C21H18BrNO5S2/c1-3-27-16-10-13(9-15(22)19(16)28-12-18(24)26-2)11-17-20(25)23(21(29)30-17)14-7-5-4-6-8-14/h4-11H,3,12H2,1-2H3. The molecule has 1 fully saturated rings. The molecule has 1 aliphatic heterocycles. The first-order valence-corrected chi connectivity index (χ1v) is 10.9. The van der Waals surface area contributed by atoms with Gasteiger partial charge in [0.15, 0.2) is 22.4 Å². The minimum absolute atomic E-state index is 0.184. The predicted molar refractivity (Wildman–Crippen MR) is 125 cm³/mol. The highest BCUT2D eigenvalue weighted by Gasteiger charge is 2.33. The fourth-order valence-electron chi connectivity index (χ4n) is 2.68. The van der Waals surface area contributed by atoms with E-state index in [1.54, 1.807) is 18.2 Å². The molecule has 0 N–H and O–H groups in total. The molecule has 0 aliphatic carbocycles. The van der Waals surface area contributed by atoms with Gasteiger partial charge >= 0.3 is 5.97 Å². The summed E-state index contributed by atoms with van der Waals surface area (Å²) in [6.07, 6.45) is 1.75. The number of esters is 1. The summed E-state index contributed by atoms with van der Waals surface area (Å²) in [6.45, 7) is 2.00. The van der Waals surface area contributed by atoms with Gasteiger partial charge < -0.3 is 14.2 Å². The van der Waals surface area contributed by atoms with Crippen molar-refractivity contribution >= 4 is 67.9 Å². The zero-order valence-electron chi connectivity index (χ0n) is 16.2. The quantitative estimate of drug-likeness (QED) is 0.302. The third kappa shape index (κ3) is 5.03. The third-order valence-electron chi connectivity index (χ3n) is 4.00. The molecule has 0 radical (unpaired) electrons. The number of para-hydroxylation sites is 1. The monoisotopic (exact) mass is 507 g/mol. The number of nitrogens with zero attached hydrogens (tertiary/aromatic N) is 1. The summed E-state index contributed by atoms with van der Waals surface area (Å²) in [5, 5.41) is 0. The zero-order chi connectivity index (χ0) is 21.7. The average molecular weight is 508 g/mol. The van der Waals surface area contributed by atoms with Crippen LogP contribution in [0.5, 0.6) is 11.5 Å². The van der Waals surface area contributed by atoms with E-state index in [1.165, 1.54) is 23.8 Å². The third-order valence-corrected chi connectivity index (χ3v) is 5.89. The first kappa shape index (κ1) is 22.3. The van der Waals surface area contributed by atoms with Crippen LogP contribution in [0, 0.1) is 0 Å². The topological polar surface area (TPSA) is 65.1 Å². The first-order chi connectivity index (χ1) is 14.4. The number of carbonyl (C=O) groups is 2. The number of ether oxygens (including phenoxy) is 3. The smallest absolute Gasteiger partial charge is 0.343 e. The van der Waals surface area contributed by atoms with Crippen molar-refractivity contribution in [1.82, 2.24) is 0 Å². The number of hydrogen-bond acceptors (Lipinski definition) is 7. The lowest BCUT2D eigenvalue weighted by molar-refractivity contribution is -0.142. The van der Waals surface area contributed by atoms with E-state index in [4.69, 9.17) is 21.7 Å². The van der Waals surface area contributed by atoms with Crippen molar-refractivity contribution in [2.24, 2.45) is 0 Å². The SMILES string of the molecule is CCOc1cc(C=C2SC(=S)N(c3ccccc3)C2=O)cc(Br)c1OCC(=O)OC. The fourth-order valence-corrected chi connectivity index (χ4v) is 4.56. The van der Waals surface area contributed by atoms with E-state index in [0.717, 1.165) is 11.3 Å². The van der Waals surface area contributed by atoms with Crippen LogP contribution in [-0.2, 0) is 14.3 Å². The second kappa shape index (κ2) is 10.1. The van der Waals surface area contributed by atoms with E-state index < -0.39 is 5.97 Å². The summed E-state index contributed by atoms with van der Waals surface area (Å²) < 4.78 is 16.9. The molecule has 6 nitrogen and oxygen atoms in total. The molecule has 2 aromatic carbocycles. The van der Waals surface area contributed by atoms with Gasteiger partial charge in [-0.1, -0.05) is 42.2 Å². The molecular weight excluding hydrogens is 490 g/mol. The van der Waals surface area contributed by atoms with Gasteiger partial charge in [0.05, 0.1) is 28.8 Å². The van der Waals surface area contributed by atoms with E-state index in [2.05, 4.69) is 20.7 Å². The van der Waals surface area contributed by atoms with Crippen LogP contribution in [0.25, 0.3) is 6.08 Å². The number of hydrogen-bond donors (Lipinski definition) is 0. The Labute approximate surface area is 192 Å². The van der Waals surface area contributed by atoms with E-state index in [0.29, 0.717) is 31.8 Å². The average Bonchev–Trinajstić information content (AvgIpc) is 3.01. The van der Waals surface area contributed by atoms with Crippen molar-refractivity contribution in [2.45, 2.75) is 6.92 Å². The van der Waals surface area contributed by atoms with Gasteiger partial charge in [-0.15, -0.1) is 0 Å². The second-order valence-corrected chi connectivity index (χ2v) is 8.51. The molecule has 2 aromatic rings. The van der Waals surface area contributed by atoms with Crippen LogP contribution in [0.2, 0.25) is 0 Å². The van der Waals surface area contributed by atoms with Gasteiger partial charge in [-0.05, 0) is 58.8 Å². The normalized spacial score (nSPS) is 14.9. The number of benzene rings is 2. The van der Waals surface area contributed by atoms with E-state index >= 15 is 0 Å². The number of rotatable bonds is 7. The Bertz CT molecular complexity index is 1010. The number of thiocarbonyl (C=S) groups is 1. The van der Waals surface area contributed by atoms with Crippen LogP contribution in [-0.4, -0.2) is 36.5 Å². The van der Waals surface area contributed by atoms with Crippen LogP contribution < -0.4 is 14.4 Å². The molecular formula is C21H18BrNO5S2. The predicted octanol–water partition coefficient (Wildman–Crippen LogP) is 4.81. The highest BCUT2D eigenvalue weighted by molar-refractivity contribution is 9.10. The number of methoxy groups -OCH3 is 1. The molecule has 0 atom stereocenters. The molecule has 0 bridgehead atoms. The highest BCUT2D eigenvalue weighted by Crippen LogP contribution is 2.40. The number of anilines is 1. The summed E-state index contributed by atoms with van der Waals surface area (Å²) in [7, 11) is 1.29. The van der Waals surface area contributed by atoms with Crippen molar-refractivity contribution in [2.75, 3.05) is 25.2 Å². The summed E-state index contributed by atoms with van der Waals surface area (Å²) in [5.41, 5.74) is 1.45. The highest BCUT2D eigenvalue weighted by atomic mass is 79.9. The van der Waals surface area contributed by atoms with Gasteiger partial charge in [-0.3, -0.25) is 9.69 Å². The summed E-state index contributed by atoms with van der Waals surface area (Å²) in [4.78, 5) is 26.3. The van der Waals surface area contributed by atoms with Crippen molar-refractivity contribution < 1.29 is 23.8 Å². The lowest BCUT2D eigenvalue weighted by Crippen LogP contribution is -2.27. The van der Waals surface area contributed by atoms with Crippen molar-refractivity contribution in [3.63, 3.8) is 0 Å². The maximum absolute atomic E-state index is 12.9. The Kier molecular flexibility index (Phi) is 7.52. The maximum atomic E-state index is 12.9. The van der Waals surface area contributed by atoms with E-state index in [1.807, 2.05) is 37.3 Å². The zero-order valence-corrected chi connectivity index (χ0v) is 19.4. The molecule has 0 saturated carbocycles. The molecule has 156 valence electrons. The fraction of sp³-hybridized carbons (Fsp3) is 0.190. The van der Waals surface area contributed by atoms with Gasteiger partial charge in [0.1, 0.15) is 0 Å². The van der Waals surface area contributed by atoms with Crippen LogP contribution in [0.4, 0.5) is 5.69 Å². The number of amides is 1. The molecule has 1 aliphatic rings. The van der Waals surface area contributed by atoms with Gasteiger partial charge in [0, 0.05) is 0 Å². The second-order valence-electron chi connectivity index (χ2n) is 5.98. The van der Waals surface area contributed by atoms with E-state index in [9.17, 15) is 9.59 Å². The number of halogens is 1. The minimum Gasteiger partial charge on any atom is -0.490 e. The van der Waals surface area contributed by atoms with Gasteiger partial charge in [-0.25, -0.2) is 4.79 Å².